The zero-order chi connectivity index (χ0) is 8.59. The molecule has 0 aromatic carbocycles. The molecule has 1 rings (SSSR count). The van der Waals surface area contributed by atoms with Crippen molar-refractivity contribution in [2.24, 2.45) is 11.5 Å². The van der Waals surface area contributed by atoms with E-state index in [1.54, 1.807) is 0 Å². The van der Waals surface area contributed by atoms with Gasteiger partial charge in [-0.1, -0.05) is 18.3 Å². The SMILES string of the molecule is C=C1C(=N)SC(C(N)=O)=C1N. The molecule has 1 aliphatic heterocycles. The van der Waals surface area contributed by atoms with Gasteiger partial charge in [-0.2, -0.15) is 0 Å². The summed E-state index contributed by atoms with van der Waals surface area (Å²) in [5.41, 5.74) is 11.0. The van der Waals surface area contributed by atoms with E-state index in [0.29, 0.717) is 5.57 Å². The summed E-state index contributed by atoms with van der Waals surface area (Å²) in [6, 6.07) is 0. The first-order valence-electron chi connectivity index (χ1n) is 2.79. The molecule has 0 saturated heterocycles. The van der Waals surface area contributed by atoms with Crippen LogP contribution in [0.5, 0.6) is 0 Å². The summed E-state index contributed by atoms with van der Waals surface area (Å²) in [6.45, 7) is 3.51. The van der Waals surface area contributed by atoms with Crippen molar-refractivity contribution in [3.05, 3.63) is 22.8 Å². The number of allylic oxidation sites excluding steroid dienone is 1. The van der Waals surface area contributed by atoms with E-state index in [4.69, 9.17) is 16.9 Å². The molecule has 5 heteroatoms. The van der Waals surface area contributed by atoms with Crippen LogP contribution in [0.3, 0.4) is 0 Å². The first-order chi connectivity index (χ1) is 5.04. The Morgan fingerprint density at radius 3 is 2.36 bits per heavy atom. The van der Waals surface area contributed by atoms with Crippen LogP contribution in [0.2, 0.25) is 0 Å². The van der Waals surface area contributed by atoms with E-state index in [0.717, 1.165) is 11.8 Å². The third-order valence-corrected chi connectivity index (χ3v) is 2.35. The van der Waals surface area contributed by atoms with Crippen molar-refractivity contribution in [2.45, 2.75) is 0 Å². The second-order valence-corrected chi connectivity index (χ2v) is 3.04. The third kappa shape index (κ3) is 1.14. The Bertz CT molecular complexity index is 292. The van der Waals surface area contributed by atoms with Gasteiger partial charge in [-0.3, -0.25) is 10.2 Å². The van der Waals surface area contributed by atoms with Crippen LogP contribution in [0.4, 0.5) is 0 Å². The van der Waals surface area contributed by atoms with Gasteiger partial charge in [0.15, 0.2) is 0 Å². The normalized spacial score (nSPS) is 17.8. The Morgan fingerprint density at radius 2 is 2.18 bits per heavy atom. The number of thioether (sulfide) groups is 1. The highest BCUT2D eigenvalue weighted by molar-refractivity contribution is 8.18. The molecular weight excluding hydrogens is 162 g/mol. The van der Waals surface area contributed by atoms with Crippen LogP contribution in [-0.4, -0.2) is 11.0 Å². The molecular formula is C6H7N3OS. The number of primary amides is 1. The van der Waals surface area contributed by atoms with E-state index < -0.39 is 5.91 Å². The lowest BCUT2D eigenvalue weighted by Crippen LogP contribution is -2.14. The smallest absolute Gasteiger partial charge is 0.257 e. The van der Waals surface area contributed by atoms with E-state index in [1.807, 2.05) is 0 Å². The topological polar surface area (TPSA) is 93.0 Å². The van der Waals surface area contributed by atoms with Crippen LogP contribution in [0.15, 0.2) is 22.8 Å². The molecule has 0 atom stereocenters. The fourth-order valence-corrected chi connectivity index (χ4v) is 1.43. The summed E-state index contributed by atoms with van der Waals surface area (Å²) in [4.78, 5) is 10.9. The standard InChI is InChI=1S/C6H7N3OS/c1-2-3(7)4(5(8)10)11-6(2)9/h9H,1,7H2,(H2,8,10). The van der Waals surface area contributed by atoms with Crippen molar-refractivity contribution >= 4 is 22.7 Å². The van der Waals surface area contributed by atoms with Gasteiger partial charge in [-0.15, -0.1) is 0 Å². The highest BCUT2D eigenvalue weighted by Crippen LogP contribution is 2.32. The van der Waals surface area contributed by atoms with Gasteiger partial charge in [0.1, 0.15) is 9.95 Å². The number of rotatable bonds is 1. The van der Waals surface area contributed by atoms with E-state index in [2.05, 4.69) is 6.58 Å². The molecule has 58 valence electrons. The van der Waals surface area contributed by atoms with Gasteiger partial charge in [0.25, 0.3) is 5.91 Å². The second kappa shape index (κ2) is 2.43. The number of hydrogen-bond donors (Lipinski definition) is 3. The first-order valence-corrected chi connectivity index (χ1v) is 3.61. The highest BCUT2D eigenvalue weighted by Gasteiger charge is 2.25. The van der Waals surface area contributed by atoms with Gasteiger partial charge in [0.2, 0.25) is 0 Å². The molecule has 1 heterocycles. The molecule has 0 bridgehead atoms. The van der Waals surface area contributed by atoms with Gasteiger partial charge >= 0.3 is 0 Å². The Hall–Kier alpha value is -1.23. The van der Waals surface area contributed by atoms with Gasteiger partial charge in [-0.25, -0.2) is 0 Å². The lowest BCUT2D eigenvalue weighted by atomic mass is 10.2. The van der Waals surface area contributed by atoms with E-state index >= 15 is 0 Å². The van der Waals surface area contributed by atoms with Crippen molar-refractivity contribution in [3.8, 4) is 0 Å². The predicted octanol–water partition coefficient (Wildman–Crippen LogP) is -0.0777. The quantitative estimate of drug-likeness (QED) is 0.512. The van der Waals surface area contributed by atoms with Gasteiger partial charge in [-0.05, 0) is 0 Å². The Balaban J connectivity index is 3.08. The van der Waals surface area contributed by atoms with Crippen LogP contribution in [0.25, 0.3) is 0 Å². The van der Waals surface area contributed by atoms with Gasteiger partial charge in [0, 0.05) is 5.57 Å². The van der Waals surface area contributed by atoms with Crippen molar-refractivity contribution in [1.29, 1.82) is 5.41 Å². The third-order valence-electron chi connectivity index (χ3n) is 1.27. The zero-order valence-electron chi connectivity index (χ0n) is 5.68. The Morgan fingerprint density at radius 1 is 1.64 bits per heavy atom. The summed E-state index contributed by atoms with van der Waals surface area (Å²) in [7, 11) is 0. The van der Waals surface area contributed by atoms with Crippen LogP contribution in [-0.2, 0) is 4.79 Å². The predicted molar refractivity (Wildman–Crippen MR) is 44.9 cm³/mol. The number of hydrogen-bond acceptors (Lipinski definition) is 4. The number of nitrogens with two attached hydrogens (primary N) is 2. The fraction of sp³-hybridized carbons (Fsp3) is 0. The lowest BCUT2D eigenvalue weighted by molar-refractivity contribution is -0.113. The van der Waals surface area contributed by atoms with Crippen molar-refractivity contribution < 1.29 is 4.79 Å². The lowest BCUT2D eigenvalue weighted by Gasteiger charge is -1.93. The molecule has 4 nitrogen and oxygen atoms in total. The van der Waals surface area contributed by atoms with E-state index in [-0.39, 0.29) is 15.6 Å². The molecule has 0 radical (unpaired) electrons. The minimum absolute atomic E-state index is 0.191. The molecule has 1 amide bonds. The molecule has 11 heavy (non-hydrogen) atoms. The van der Waals surface area contributed by atoms with Gasteiger partial charge in [0.05, 0.1) is 5.70 Å². The minimum Gasteiger partial charge on any atom is -0.397 e. The molecule has 0 fully saturated rings. The fourth-order valence-electron chi connectivity index (χ4n) is 0.661. The molecule has 0 saturated carbocycles. The summed E-state index contributed by atoms with van der Waals surface area (Å²) in [5, 5.41) is 7.43. The maximum atomic E-state index is 10.6. The molecule has 0 unspecified atom stereocenters. The van der Waals surface area contributed by atoms with Crippen LogP contribution in [0.1, 0.15) is 0 Å². The monoisotopic (exact) mass is 169 g/mol. The molecule has 5 N–H and O–H groups in total. The summed E-state index contributed by atoms with van der Waals surface area (Å²) in [5.74, 6) is -0.601. The molecule has 0 aliphatic carbocycles. The van der Waals surface area contributed by atoms with Crippen LogP contribution in [0, 0.1) is 5.41 Å². The largest absolute Gasteiger partial charge is 0.397 e. The maximum absolute atomic E-state index is 10.6. The molecule has 0 aromatic heterocycles. The van der Waals surface area contributed by atoms with E-state index in [1.165, 1.54) is 0 Å². The number of carbonyl (C=O) groups excluding carboxylic acids is 1. The van der Waals surface area contributed by atoms with Crippen molar-refractivity contribution in [2.75, 3.05) is 0 Å². The summed E-state index contributed by atoms with van der Waals surface area (Å²) in [6.07, 6.45) is 0. The molecule has 0 spiro atoms. The summed E-state index contributed by atoms with van der Waals surface area (Å²) >= 11 is 0.954. The van der Waals surface area contributed by atoms with Crippen LogP contribution >= 0.6 is 11.8 Å². The maximum Gasteiger partial charge on any atom is 0.257 e. The van der Waals surface area contributed by atoms with Crippen molar-refractivity contribution in [3.63, 3.8) is 0 Å². The number of carbonyl (C=O) groups is 1. The highest BCUT2D eigenvalue weighted by atomic mass is 32.2. The Kier molecular flexibility index (Phi) is 1.74. The van der Waals surface area contributed by atoms with E-state index in [9.17, 15) is 4.79 Å². The van der Waals surface area contributed by atoms with Crippen molar-refractivity contribution in [1.82, 2.24) is 0 Å². The first kappa shape index (κ1) is 7.87. The second-order valence-electron chi connectivity index (χ2n) is 2.02. The molecule has 0 aromatic rings. The number of amides is 1. The Labute approximate surface area is 67.8 Å². The zero-order valence-corrected chi connectivity index (χ0v) is 6.49. The van der Waals surface area contributed by atoms with Crippen LogP contribution < -0.4 is 11.5 Å². The minimum atomic E-state index is -0.601. The molecule has 1 aliphatic rings. The van der Waals surface area contributed by atoms with Gasteiger partial charge < -0.3 is 11.5 Å². The average Bonchev–Trinajstić information content (AvgIpc) is 2.17. The number of nitrogens with one attached hydrogen (secondary N) is 1. The summed E-state index contributed by atoms with van der Waals surface area (Å²) < 4.78 is 0. The average molecular weight is 169 g/mol.